The van der Waals surface area contributed by atoms with Crippen molar-refractivity contribution in [1.82, 2.24) is 5.32 Å². The molecule has 114 valence electrons. The topological polar surface area (TPSA) is 98.3 Å². The lowest BCUT2D eigenvalue weighted by Gasteiger charge is -2.27. The molecular weight excluding hydrogens is 274 g/mol. The summed E-state index contributed by atoms with van der Waals surface area (Å²) in [7, 11) is 0. The summed E-state index contributed by atoms with van der Waals surface area (Å²) in [5.74, 6) is 0. The van der Waals surface area contributed by atoms with E-state index < -0.39 is 9.85 Å². The maximum Gasteiger partial charge on any atom is 0.280 e. The monoisotopic (exact) mass is 293 g/mol. The Balaban J connectivity index is 2.16. The maximum atomic E-state index is 11.1. The molecule has 7 nitrogen and oxygen atoms in total. The highest BCUT2D eigenvalue weighted by Gasteiger charge is 2.34. The fourth-order valence-electron chi connectivity index (χ4n) is 2.92. The highest BCUT2D eigenvalue weighted by molar-refractivity contribution is 5.49. The van der Waals surface area contributed by atoms with Gasteiger partial charge in [0.1, 0.15) is 0 Å². The molecule has 0 radical (unpaired) electrons. The Hall–Kier alpha value is -2.02. The zero-order valence-corrected chi connectivity index (χ0v) is 12.2. The van der Waals surface area contributed by atoms with E-state index in [-0.39, 0.29) is 16.8 Å². The third-order valence-corrected chi connectivity index (χ3v) is 4.27. The number of nitro groups is 2. The van der Waals surface area contributed by atoms with Crippen LogP contribution in [0.3, 0.4) is 0 Å². The van der Waals surface area contributed by atoms with Crippen molar-refractivity contribution in [1.29, 1.82) is 0 Å². The first kappa shape index (κ1) is 15.4. The van der Waals surface area contributed by atoms with Gasteiger partial charge in [-0.25, -0.2) is 0 Å². The van der Waals surface area contributed by atoms with E-state index in [0.29, 0.717) is 18.2 Å². The standard InChI is InChI=1S/C14H19N3O4/c1-14(2)7-3-4-13(14)15-9-10-5-6-11(16(18)19)8-12(10)17(20)21/h5-6,8,13,15H,3-4,7,9H2,1-2H3. The van der Waals surface area contributed by atoms with Crippen molar-refractivity contribution in [3.05, 3.63) is 44.0 Å². The summed E-state index contributed by atoms with van der Waals surface area (Å²) in [6.45, 7) is 4.71. The molecule has 0 bridgehead atoms. The van der Waals surface area contributed by atoms with Crippen LogP contribution in [0.25, 0.3) is 0 Å². The summed E-state index contributed by atoms with van der Waals surface area (Å²) in [5.41, 5.74) is 0.197. The van der Waals surface area contributed by atoms with Crippen molar-refractivity contribution >= 4 is 11.4 Å². The summed E-state index contributed by atoms with van der Waals surface area (Å²) >= 11 is 0. The van der Waals surface area contributed by atoms with E-state index in [1.54, 1.807) is 0 Å². The van der Waals surface area contributed by atoms with Crippen molar-refractivity contribution in [2.45, 2.75) is 45.7 Å². The number of rotatable bonds is 5. The molecule has 21 heavy (non-hydrogen) atoms. The van der Waals surface area contributed by atoms with Gasteiger partial charge in [-0.15, -0.1) is 0 Å². The first-order valence-corrected chi connectivity index (χ1v) is 6.96. The van der Waals surface area contributed by atoms with Crippen molar-refractivity contribution < 1.29 is 9.85 Å². The Morgan fingerprint density at radius 1 is 1.29 bits per heavy atom. The molecular formula is C14H19N3O4. The van der Waals surface area contributed by atoms with Crippen LogP contribution >= 0.6 is 0 Å². The average Bonchev–Trinajstić information content (AvgIpc) is 2.74. The minimum atomic E-state index is -0.621. The van der Waals surface area contributed by atoms with Gasteiger partial charge in [-0.1, -0.05) is 20.3 Å². The van der Waals surface area contributed by atoms with Crippen molar-refractivity contribution in [3.8, 4) is 0 Å². The van der Waals surface area contributed by atoms with E-state index in [2.05, 4.69) is 19.2 Å². The van der Waals surface area contributed by atoms with Crippen LogP contribution in [0.5, 0.6) is 0 Å². The first-order chi connectivity index (χ1) is 9.81. The van der Waals surface area contributed by atoms with Gasteiger partial charge in [0.2, 0.25) is 0 Å². The third kappa shape index (κ3) is 3.36. The Bertz CT molecular complexity index is 571. The molecule has 1 aromatic rings. The second kappa shape index (κ2) is 5.77. The molecule has 0 amide bonds. The molecule has 0 spiro atoms. The van der Waals surface area contributed by atoms with Gasteiger partial charge in [0.25, 0.3) is 11.4 Å². The van der Waals surface area contributed by atoms with Gasteiger partial charge < -0.3 is 5.32 Å². The van der Waals surface area contributed by atoms with E-state index in [1.807, 2.05) is 0 Å². The molecule has 1 aliphatic rings. The number of nitrogens with zero attached hydrogens (tertiary/aromatic N) is 2. The van der Waals surface area contributed by atoms with Crippen LogP contribution in [0.15, 0.2) is 18.2 Å². The van der Waals surface area contributed by atoms with Gasteiger partial charge in [-0.2, -0.15) is 0 Å². The minimum absolute atomic E-state index is 0.176. The molecule has 0 aliphatic heterocycles. The predicted molar refractivity (Wildman–Crippen MR) is 78.0 cm³/mol. The van der Waals surface area contributed by atoms with Crippen LogP contribution in [-0.2, 0) is 6.54 Å². The van der Waals surface area contributed by atoms with E-state index in [9.17, 15) is 20.2 Å². The molecule has 1 aliphatic carbocycles. The number of benzene rings is 1. The van der Waals surface area contributed by atoms with E-state index >= 15 is 0 Å². The summed E-state index contributed by atoms with van der Waals surface area (Å²) in [5, 5.41) is 25.1. The second-order valence-electron chi connectivity index (χ2n) is 6.14. The zero-order valence-electron chi connectivity index (χ0n) is 12.2. The molecule has 1 aromatic carbocycles. The lowest BCUT2D eigenvalue weighted by atomic mass is 9.87. The normalized spacial score (nSPS) is 20.4. The van der Waals surface area contributed by atoms with Gasteiger partial charge in [0.05, 0.1) is 15.9 Å². The number of non-ortho nitro benzene ring substituents is 1. The zero-order chi connectivity index (χ0) is 15.6. The fraction of sp³-hybridized carbons (Fsp3) is 0.571. The fourth-order valence-corrected chi connectivity index (χ4v) is 2.92. The molecule has 1 N–H and O–H groups in total. The Morgan fingerprint density at radius 3 is 2.52 bits per heavy atom. The number of hydrogen-bond acceptors (Lipinski definition) is 5. The van der Waals surface area contributed by atoms with Crippen LogP contribution in [-0.4, -0.2) is 15.9 Å². The SMILES string of the molecule is CC1(C)CCCC1NCc1ccc([N+](=O)[O-])cc1[N+](=O)[O-]. The van der Waals surface area contributed by atoms with E-state index in [1.165, 1.54) is 12.1 Å². The van der Waals surface area contributed by atoms with Gasteiger partial charge in [-0.3, -0.25) is 20.2 Å². The highest BCUT2D eigenvalue weighted by Crippen LogP contribution is 2.37. The quantitative estimate of drug-likeness (QED) is 0.664. The second-order valence-corrected chi connectivity index (χ2v) is 6.14. The lowest BCUT2D eigenvalue weighted by Crippen LogP contribution is -2.37. The Morgan fingerprint density at radius 2 is 2.00 bits per heavy atom. The first-order valence-electron chi connectivity index (χ1n) is 6.96. The molecule has 2 rings (SSSR count). The van der Waals surface area contributed by atoms with Crippen LogP contribution in [0.1, 0.15) is 38.7 Å². The van der Waals surface area contributed by atoms with Crippen LogP contribution in [0.2, 0.25) is 0 Å². The summed E-state index contributed by atoms with van der Waals surface area (Å²) in [6.07, 6.45) is 3.33. The Labute approximate surface area is 122 Å². The van der Waals surface area contributed by atoms with Crippen molar-refractivity contribution in [2.24, 2.45) is 5.41 Å². The molecule has 0 heterocycles. The molecule has 1 atom stereocenters. The predicted octanol–water partition coefficient (Wildman–Crippen LogP) is 3.17. The summed E-state index contributed by atoms with van der Waals surface area (Å²) in [6, 6.07) is 4.11. The third-order valence-electron chi connectivity index (χ3n) is 4.27. The molecule has 1 saturated carbocycles. The number of nitrogens with one attached hydrogen (secondary N) is 1. The molecule has 1 unspecified atom stereocenters. The number of nitro benzene ring substituents is 2. The van der Waals surface area contributed by atoms with E-state index in [0.717, 1.165) is 25.3 Å². The van der Waals surface area contributed by atoms with Gasteiger partial charge in [-0.05, 0) is 24.3 Å². The van der Waals surface area contributed by atoms with Crippen molar-refractivity contribution in [3.63, 3.8) is 0 Å². The number of hydrogen-bond donors (Lipinski definition) is 1. The molecule has 1 fully saturated rings. The molecule has 0 aromatic heterocycles. The molecule has 0 saturated heterocycles. The van der Waals surface area contributed by atoms with Gasteiger partial charge >= 0.3 is 0 Å². The van der Waals surface area contributed by atoms with Gasteiger partial charge in [0.15, 0.2) is 0 Å². The average molecular weight is 293 g/mol. The summed E-state index contributed by atoms with van der Waals surface area (Å²) in [4.78, 5) is 20.6. The van der Waals surface area contributed by atoms with E-state index in [4.69, 9.17) is 0 Å². The molecule has 7 heteroatoms. The van der Waals surface area contributed by atoms with Crippen LogP contribution < -0.4 is 5.32 Å². The van der Waals surface area contributed by atoms with Crippen LogP contribution in [0.4, 0.5) is 11.4 Å². The smallest absolute Gasteiger partial charge is 0.280 e. The highest BCUT2D eigenvalue weighted by atomic mass is 16.6. The van der Waals surface area contributed by atoms with Crippen molar-refractivity contribution in [2.75, 3.05) is 0 Å². The summed E-state index contributed by atoms with van der Waals surface area (Å²) < 4.78 is 0. The lowest BCUT2D eigenvalue weighted by molar-refractivity contribution is -0.394. The van der Waals surface area contributed by atoms with Crippen LogP contribution in [0, 0.1) is 25.6 Å². The maximum absolute atomic E-state index is 11.1. The minimum Gasteiger partial charge on any atom is -0.309 e. The largest absolute Gasteiger partial charge is 0.309 e. The van der Waals surface area contributed by atoms with Gasteiger partial charge in [0, 0.05) is 24.2 Å². The Kier molecular flexibility index (Phi) is 4.22.